The van der Waals surface area contributed by atoms with E-state index in [4.69, 9.17) is 9.47 Å². The summed E-state index contributed by atoms with van der Waals surface area (Å²) in [5.41, 5.74) is 0. The SMILES string of the molecule is COc1cc(Br)c(Br)c(Br)c1Oc1cc(Br)cc(Br)c1O. The number of ether oxygens (including phenoxy) is 2. The van der Waals surface area contributed by atoms with Gasteiger partial charge < -0.3 is 14.6 Å². The van der Waals surface area contributed by atoms with Crippen molar-refractivity contribution in [2.45, 2.75) is 0 Å². The van der Waals surface area contributed by atoms with Crippen LogP contribution in [0.15, 0.2) is 40.6 Å². The van der Waals surface area contributed by atoms with Crippen molar-refractivity contribution < 1.29 is 14.6 Å². The molecule has 0 amide bonds. The van der Waals surface area contributed by atoms with Gasteiger partial charge in [0.15, 0.2) is 23.0 Å². The minimum Gasteiger partial charge on any atom is -0.503 e. The Morgan fingerprint density at radius 2 is 1.52 bits per heavy atom. The lowest BCUT2D eigenvalue weighted by Gasteiger charge is -2.15. The van der Waals surface area contributed by atoms with E-state index in [0.717, 1.165) is 13.4 Å². The van der Waals surface area contributed by atoms with Crippen molar-refractivity contribution in [2.24, 2.45) is 0 Å². The number of rotatable bonds is 3. The van der Waals surface area contributed by atoms with Gasteiger partial charge in [0, 0.05) is 13.4 Å². The van der Waals surface area contributed by atoms with Crippen molar-refractivity contribution in [2.75, 3.05) is 7.11 Å². The first-order valence-corrected chi connectivity index (χ1v) is 9.39. The molecule has 0 heterocycles. The number of methoxy groups -OCH3 is 1. The molecule has 3 nitrogen and oxygen atoms in total. The van der Waals surface area contributed by atoms with Gasteiger partial charge in [0.25, 0.3) is 0 Å². The molecule has 0 spiro atoms. The number of aromatic hydroxyl groups is 1. The number of halogens is 5. The predicted octanol–water partition coefficient (Wildman–Crippen LogP) is 7.01. The van der Waals surface area contributed by atoms with E-state index in [1.165, 1.54) is 0 Å². The van der Waals surface area contributed by atoms with Crippen LogP contribution in [-0.2, 0) is 0 Å². The highest BCUT2D eigenvalue weighted by molar-refractivity contribution is 9.14. The fourth-order valence-corrected chi connectivity index (χ4v) is 4.18. The van der Waals surface area contributed by atoms with E-state index >= 15 is 0 Å². The van der Waals surface area contributed by atoms with Gasteiger partial charge >= 0.3 is 0 Å². The van der Waals surface area contributed by atoms with Crippen LogP contribution in [0.4, 0.5) is 0 Å². The Morgan fingerprint density at radius 1 is 0.857 bits per heavy atom. The number of phenolic OH excluding ortho intramolecular Hbond substituents is 1. The molecule has 112 valence electrons. The summed E-state index contributed by atoms with van der Waals surface area (Å²) < 4.78 is 14.7. The maximum absolute atomic E-state index is 10.1. The number of phenols is 1. The molecular weight excluding hydrogens is 604 g/mol. The summed E-state index contributed by atoms with van der Waals surface area (Å²) in [6.07, 6.45) is 0. The first kappa shape index (κ1) is 17.6. The van der Waals surface area contributed by atoms with Crippen LogP contribution >= 0.6 is 79.6 Å². The van der Waals surface area contributed by atoms with Gasteiger partial charge in [-0.15, -0.1) is 0 Å². The quantitative estimate of drug-likeness (QED) is 0.381. The van der Waals surface area contributed by atoms with E-state index in [-0.39, 0.29) is 5.75 Å². The Bertz CT molecular complexity index is 703. The minimum atomic E-state index is 0.00574. The second kappa shape index (κ2) is 7.21. The summed E-state index contributed by atoms with van der Waals surface area (Å²) in [5.74, 6) is 1.27. The highest BCUT2D eigenvalue weighted by atomic mass is 79.9. The Balaban J connectivity index is 2.57. The molecule has 0 aromatic heterocycles. The van der Waals surface area contributed by atoms with Gasteiger partial charge in [-0.25, -0.2) is 0 Å². The first-order chi connectivity index (χ1) is 9.85. The molecule has 0 fully saturated rings. The summed E-state index contributed by atoms with van der Waals surface area (Å²) in [6, 6.07) is 5.17. The smallest absolute Gasteiger partial charge is 0.184 e. The average Bonchev–Trinajstić information content (AvgIpc) is 2.44. The molecule has 0 aliphatic rings. The van der Waals surface area contributed by atoms with Crippen molar-refractivity contribution in [3.63, 3.8) is 0 Å². The zero-order valence-electron chi connectivity index (χ0n) is 10.4. The van der Waals surface area contributed by atoms with Crippen LogP contribution in [-0.4, -0.2) is 12.2 Å². The van der Waals surface area contributed by atoms with Crippen LogP contribution < -0.4 is 9.47 Å². The number of hydrogen-bond donors (Lipinski definition) is 1. The fourth-order valence-electron chi connectivity index (χ4n) is 1.53. The minimum absolute atomic E-state index is 0.00574. The van der Waals surface area contributed by atoms with Crippen molar-refractivity contribution >= 4 is 79.6 Å². The highest BCUT2D eigenvalue weighted by Gasteiger charge is 2.19. The standard InChI is InChI=1S/C13H7Br5O3/c1-20-9-4-6(15)10(17)11(18)13(9)21-8-3-5(14)2-7(16)12(8)19/h2-4,19H,1H3. The third kappa shape index (κ3) is 3.77. The second-order valence-corrected chi connectivity index (χ2v) is 8.06. The van der Waals surface area contributed by atoms with E-state index in [1.807, 2.05) is 0 Å². The summed E-state index contributed by atoms with van der Waals surface area (Å²) in [6.45, 7) is 0. The van der Waals surface area contributed by atoms with Gasteiger partial charge in [-0.1, -0.05) is 15.9 Å². The molecule has 0 saturated heterocycles. The van der Waals surface area contributed by atoms with Crippen molar-refractivity contribution in [3.05, 3.63) is 40.6 Å². The van der Waals surface area contributed by atoms with Gasteiger partial charge in [0.1, 0.15) is 0 Å². The Labute approximate surface area is 163 Å². The lowest BCUT2D eigenvalue weighted by Crippen LogP contribution is -1.94. The fraction of sp³-hybridized carbons (Fsp3) is 0.0769. The maximum atomic E-state index is 10.1. The molecule has 2 rings (SSSR count). The zero-order chi connectivity index (χ0) is 15.7. The normalized spacial score (nSPS) is 10.6. The van der Waals surface area contributed by atoms with Crippen molar-refractivity contribution in [1.29, 1.82) is 0 Å². The lowest BCUT2D eigenvalue weighted by molar-refractivity contribution is 0.364. The monoisotopic (exact) mass is 606 g/mol. The zero-order valence-corrected chi connectivity index (χ0v) is 18.3. The van der Waals surface area contributed by atoms with Crippen LogP contribution in [0.3, 0.4) is 0 Å². The van der Waals surface area contributed by atoms with Crippen LogP contribution in [0.1, 0.15) is 0 Å². The molecule has 2 aromatic rings. The highest BCUT2D eigenvalue weighted by Crippen LogP contribution is 2.48. The van der Waals surface area contributed by atoms with Gasteiger partial charge in [-0.05, 0) is 81.9 Å². The van der Waals surface area contributed by atoms with Crippen LogP contribution in [0.25, 0.3) is 0 Å². The predicted molar refractivity (Wildman–Crippen MR) is 99.7 cm³/mol. The Hall–Kier alpha value is 0.240. The molecular formula is C13H7Br5O3. The summed E-state index contributed by atoms with van der Waals surface area (Å²) in [4.78, 5) is 0. The topological polar surface area (TPSA) is 38.7 Å². The third-order valence-electron chi connectivity index (χ3n) is 2.51. The first-order valence-electron chi connectivity index (χ1n) is 5.42. The molecule has 0 aliphatic heterocycles. The summed E-state index contributed by atoms with van der Waals surface area (Å²) in [7, 11) is 1.55. The molecule has 2 aromatic carbocycles. The molecule has 21 heavy (non-hydrogen) atoms. The molecule has 0 unspecified atom stereocenters. The largest absolute Gasteiger partial charge is 0.503 e. The average molecular weight is 611 g/mol. The lowest BCUT2D eigenvalue weighted by atomic mass is 10.3. The summed E-state index contributed by atoms with van der Waals surface area (Å²) >= 11 is 16.9. The van der Waals surface area contributed by atoms with E-state index in [1.54, 1.807) is 25.3 Å². The van der Waals surface area contributed by atoms with Gasteiger partial charge in [-0.2, -0.15) is 0 Å². The van der Waals surface area contributed by atoms with Crippen molar-refractivity contribution in [3.8, 4) is 23.0 Å². The third-order valence-corrected chi connectivity index (χ3v) is 6.84. The molecule has 1 N–H and O–H groups in total. The number of hydrogen-bond acceptors (Lipinski definition) is 3. The Morgan fingerprint density at radius 3 is 2.14 bits per heavy atom. The van der Waals surface area contributed by atoms with E-state index in [9.17, 15) is 5.11 Å². The summed E-state index contributed by atoms with van der Waals surface area (Å²) in [5, 5.41) is 10.1. The van der Waals surface area contributed by atoms with Crippen LogP contribution in [0.5, 0.6) is 23.0 Å². The van der Waals surface area contributed by atoms with E-state index in [0.29, 0.717) is 26.2 Å². The maximum Gasteiger partial charge on any atom is 0.184 e. The van der Waals surface area contributed by atoms with Crippen LogP contribution in [0, 0.1) is 0 Å². The van der Waals surface area contributed by atoms with E-state index in [2.05, 4.69) is 79.6 Å². The molecule has 0 saturated carbocycles. The van der Waals surface area contributed by atoms with Gasteiger partial charge in [-0.3, -0.25) is 0 Å². The van der Waals surface area contributed by atoms with Crippen LogP contribution in [0.2, 0.25) is 0 Å². The molecule has 0 bridgehead atoms. The molecule has 0 radical (unpaired) electrons. The van der Waals surface area contributed by atoms with E-state index < -0.39 is 0 Å². The van der Waals surface area contributed by atoms with Crippen molar-refractivity contribution in [1.82, 2.24) is 0 Å². The number of benzene rings is 2. The van der Waals surface area contributed by atoms with Gasteiger partial charge in [0.05, 0.1) is 16.1 Å². The molecule has 0 atom stereocenters. The second-order valence-electron chi connectivity index (χ2n) is 3.85. The Kier molecular flexibility index (Phi) is 6.04. The molecule has 0 aliphatic carbocycles. The molecule has 8 heteroatoms. The van der Waals surface area contributed by atoms with Gasteiger partial charge in [0.2, 0.25) is 0 Å².